The molecule has 174 valence electrons. The van der Waals surface area contributed by atoms with Crippen molar-refractivity contribution in [2.75, 3.05) is 11.9 Å². The van der Waals surface area contributed by atoms with Gasteiger partial charge >= 0.3 is 0 Å². The molecule has 0 unspecified atom stereocenters. The van der Waals surface area contributed by atoms with Crippen LogP contribution in [0.25, 0.3) is 0 Å². The number of aromatic nitrogens is 2. The van der Waals surface area contributed by atoms with Crippen LogP contribution in [-0.2, 0) is 13.2 Å². The zero-order valence-electron chi connectivity index (χ0n) is 18.7. The number of halogens is 2. The van der Waals surface area contributed by atoms with Crippen LogP contribution in [-0.4, -0.2) is 28.1 Å². The van der Waals surface area contributed by atoms with Gasteiger partial charge in [0.15, 0.2) is 5.69 Å². The largest absolute Gasteiger partial charge is 0.487 e. The Hall–Kier alpha value is -3.03. The highest BCUT2D eigenvalue weighted by atomic mass is 35.5. The van der Waals surface area contributed by atoms with E-state index in [1.807, 2.05) is 26.8 Å². The molecule has 3 rings (SSSR count). The summed E-state index contributed by atoms with van der Waals surface area (Å²) in [4.78, 5) is 25.5. The molecule has 33 heavy (non-hydrogen) atoms. The maximum absolute atomic E-state index is 12.9. The summed E-state index contributed by atoms with van der Waals surface area (Å²) in [6, 6.07) is 12.2. The van der Waals surface area contributed by atoms with E-state index in [9.17, 15) is 9.59 Å². The third kappa shape index (κ3) is 6.49. The third-order valence-electron chi connectivity index (χ3n) is 4.72. The highest BCUT2D eigenvalue weighted by Crippen LogP contribution is 2.32. The van der Waals surface area contributed by atoms with Gasteiger partial charge in [-0.25, -0.2) is 0 Å². The predicted molar refractivity (Wildman–Crippen MR) is 130 cm³/mol. The molecule has 0 aliphatic rings. The summed E-state index contributed by atoms with van der Waals surface area (Å²) in [6.07, 6.45) is 1.65. The standard InChI is InChI=1S/C24H26Cl2N4O3/c1-4-30-13-19(22(29-30)24(32)27-12-15(2)3)28-23(31)17-8-5-7-16(11-17)14-33-20-10-6-9-18(25)21(20)26/h5-11,13,15H,4,12,14H2,1-3H3,(H,27,32)(H,28,31). The summed E-state index contributed by atoms with van der Waals surface area (Å²) in [5.74, 6) is 0.0769. The van der Waals surface area contributed by atoms with E-state index >= 15 is 0 Å². The zero-order chi connectivity index (χ0) is 24.0. The number of benzene rings is 2. The molecule has 0 spiro atoms. The number of nitrogens with one attached hydrogen (secondary N) is 2. The molecule has 2 aromatic carbocycles. The van der Waals surface area contributed by atoms with Gasteiger partial charge in [-0.05, 0) is 42.7 Å². The van der Waals surface area contributed by atoms with Gasteiger partial charge in [0, 0.05) is 24.8 Å². The molecule has 9 heteroatoms. The first-order chi connectivity index (χ1) is 15.8. The number of ether oxygens (including phenoxy) is 1. The Bertz CT molecular complexity index is 1140. The van der Waals surface area contributed by atoms with Gasteiger partial charge in [-0.3, -0.25) is 14.3 Å². The van der Waals surface area contributed by atoms with Crippen LogP contribution in [0.3, 0.4) is 0 Å². The minimum Gasteiger partial charge on any atom is -0.487 e. The molecule has 7 nitrogen and oxygen atoms in total. The maximum Gasteiger partial charge on any atom is 0.273 e. The molecule has 0 radical (unpaired) electrons. The van der Waals surface area contributed by atoms with Gasteiger partial charge in [0.1, 0.15) is 17.4 Å². The molecule has 0 aliphatic carbocycles. The fraction of sp³-hybridized carbons (Fsp3) is 0.292. The van der Waals surface area contributed by atoms with E-state index in [-0.39, 0.29) is 24.1 Å². The fourth-order valence-electron chi connectivity index (χ4n) is 2.98. The van der Waals surface area contributed by atoms with Crippen molar-refractivity contribution in [2.45, 2.75) is 33.9 Å². The van der Waals surface area contributed by atoms with Crippen molar-refractivity contribution in [3.05, 3.63) is 75.5 Å². The summed E-state index contributed by atoms with van der Waals surface area (Å²) in [5, 5.41) is 10.7. The second-order valence-corrected chi connectivity index (χ2v) is 8.63. The molecule has 2 N–H and O–H groups in total. The summed E-state index contributed by atoms with van der Waals surface area (Å²) in [5.41, 5.74) is 1.74. The van der Waals surface area contributed by atoms with Crippen LogP contribution in [0.5, 0.6) is 5.75 Å². The van der Waals surface area contributed by atoms with Gasteiger partial charge < -0.3 is 15.4 Å². The van der Waals surface area contributed by atoms with Gasteiger partial charge in [0.2, 0.25) is 0 Å². The zero-order valence-corrected chi connectivity index (χ0v) is 20.2. The first-order valence-electron chi connectivity index (χ1n) is 10.6. The summed E-state index contributed by atoms with van der Waals surface area (Å²) in [6.45, 7) is 7.21. The average Bonchev–Trinajstić information content (AvgIpc) is 3.21. The number of hydrogen-bond donors (Lipinski definition) is 2. The Morgan fingerprint density at radius 2 is 1.88 bits per heavy atom. The number of carbonyl (C=O) groups is 2. The second kappa shape index (κ2) is 11.2. The highest BCUT2D eigenvalue weighted by Gasteiger charge is 2.19. The van der Waals surface area contributed by atoms with Crippen LogP contribution in [0, 0.1) is 5.92 Å². The Balaban J connectivity index is 1.72. The van der Waals surface area contributed by atoms with Crippen LogP contribution in [0.1, 0.15) is 47.2 Å². The van der Waals surface area contributed by atoms with Crippen molar-refractivity contribution in [1.29, 1.82) is 0 Å². The molecule has 0 saturated heterocycles. The molecule has 0 aliphatic heterocycles. The molecule has 0 atom stereocenters. The average molecular weight is 489 g/mol. The Labute approximate surface area is 203 Å². The quantitative estimate of drug-likeness (QED) is 0.420. The number of carbonyl (C=O) groups excluding carboxylic acids is 2. The molecule has 1 aromatic heterocycles. The number of nitrogens with zero attached hydrogens (tertiary/aromatic N) is 2. The van der Waals surface area contributed by atoms with Gasteiger partial charge in [0.05, 0.1) is 10.7 Å². The number of aryl methyl sites for hydroxylation is 1. The van der Waals surface area contributed by atoms with Crippen molar-refractivity contribution in [3.8, 4) is 5.75 Å². The lowest BCUT2D eigenvalue weighted by Gasteiger charge is -2.10. The molecule has 0 bridgehead atoms. The monoisotopic (exact) mass is 488 g/mol. The van der Waals surface area contributed by atoms with E-state index in [0.29, 0.717) is 46.1 Å². The van der Waals surface area contributed by atoms with Crippen LogP contribution < -0.4 is 15.4 Å². The van der Waals surface area contributed by atoms with Crippen molar-refractivity contribution < 1.29 is 14.3 Å². The number of hydrogen-bond acceptors (Lipinski definition) is 4. The Morgan fingerprint density at radius 3 is 2.61 bits per heavy atom. The minimum atomic E-state index is -0.355. The minimum absolute atomic E-state index is 0.181. The summed E-state index contributed by atoms with van der Waals surface area (Å²) < 4.78 is 7.37. The Morgan fingerprint density at radius 1 is 1.12 bits per heavy atom. The first-order valence-corrected chi connectivity index (χ1v) is 11.4. The highest BCUT2D eigenvalue weighted by molar-refractivity contribution is 6.42. The van der Waals surface area contributed by atoms with Gasteiger partial charge in [-0.15, -0.1) is 0 Å². The van der Waals surface area contributed by atoms with Gasteiger partial charge in [-0.2, -0.15) is 5.10 Å². The van der Waals surface area contributed by atoms with E-state index in [4.69, 9.17) is 27.9 Å². The van der Waals surface area contributed by atoms with E-state index in [2.05, 4.69) is 15.7 Å². The number of rotatable bonds is 9. The van der Waals surface area contributed by atoms with Crippen LogP contribution in [0.2, 0.25) is 10.0 Å². The summed E-state index contributed by atoms with van der Waals surface area (Å²) >= 11 is 12.2. The Kier molecular flexibility index (Phi) is 8.36. The van der Waals surface area contributed by atoms with Crippen molar-refractivity contribution >= 4 is 40.7 Å². The molecule has 1 heterocycles. The van der Waals surface area contributed by atoms with Crippen LogP contribution >= 0.6 is 23.2 Å². The predicted octanol–water partition coefficient (Wildman–Crippen LogP) is 5.43. The second-order valence-electron chi connectivity index (χ2n) is 7.85. The van der Waals surface area contributed by atoms with Crippen LogP contribution in [0.4, 0.5) is 5.69 Å². The van der Waals surface area contributed by atoms with Gasteiger partial charge in [0.25, 0.3) is 11.8 Å². The first kappa shape index (κ1) is 24.6. The fourth-order valence-corrected chi connectivity index (χ4v) is 3.32. The van der Waals surface area contributed by atoms with Crippen molar-refractivity contribution in [2.24, 2.45) is 5.92 Å². The number of anilines is 1. The van der Waals surface area contributed by atoms with E-state index < -0.39 is 0 Å². The van der Waals surface area contributed by atoms with Crippen molar-refractivity contribution in [1.82, 2.24) is 15.1 Å². The molecule has 0 fully saturated rings. The van der Waals surface area contributed by atoms with E-state index in [0.717, 1.165) is 5.56 Å². The number of amides is 2. The lowest BCUT2D eigenvalue weighted by atomic mass is 10.1. The third-order valence-corrected chi connectivity index (χ3v) is 5.52. The van der Waals surface area contributed by atoms with E-state index in [1.54, 1.807) is 47.3 Å². The topological polar surface area (TPSA) is 85.2 Å². The molecular formula is C24H26Cl2N4O3. The molecule has 3 aromatic rings. The maximum atomic E-state index is 12.9. The normalized spacial score (nSPS) is 10.8. The SMILES string of the molecule is CCn1cc(NC(=O)c2cccc(COc3cccc(Cl)c3Cl)c2)c(C(=O)NCC(C)C)n1. The van der Waals surface area contributed by atoms with Crippen molar-refractivity contribution in [3.63, 3.8) is 0 Å². The lowest BCUT2D eigenvalue weighted by Crippen LogP contribution is -2.28. The molecular weight excluding hydrogens is 463 g/mol. The summed E-state index contributed by atoms with van der Waals surface area (Å²) in [7, 11) is 0. The van der Waals surface area contributed by atoms with Crippen LogP contribution in [0.15, 0.2) is 48.7 Å². The molecule has 0 saturated carbocycles. The molecule has 2 amide bonds. The smallest absolute Gasteiger partial charge is 0.273 e. The van der Waals surface area contributed by atoms with Gasteiger partial charge in [-0.1, -0.05) is 55.2 Å². The lowest BCUT2D eigenvalue weighted by molar-refractivity contribution is 0.0944. The van der Waals surface area contributed by atoms with E-state index in [1.165, 1.54) is 0 Å².